The highest BCUT2D eigenvalue weighted by Crippen LogP contribution is 1.86. The molecule has 0 aliphatic rings. The van der Waals surface area contributed by atoms with E-state index in [0.29, 0.717) is 0 Å². The summed E-state index contributed by atoms with van der Waals surface area (Å²) in [5.74, 6) is 0. The van der Waals surface area contributed by atoms with E-state index in [1.54, 1.807) is 4.90 Å². The van der Waals surface area contributed by atoms with Crippen LogP contribution in [0.25, 0.3) is 0 Å². The van der Waals surface area contributed by atoms with Gasteiger partial charge in [0.2, 0.25) is 6.20 Å². The zero-order valence-corrected chi connectivity index (χ0v) is 6.28. The van der Waals surface area contributed by atoms with Crippen LogP contribution in [0.3, 0.4) is 0 Å². The Bertz CT molecular complexity index is 134. The van der Waals surface area contributed by atoms with Gasteiger partial charge < -0.3 is 4.90 Å². The van der Waals surface area contributed by atoms with Crippen molar-refractivity contribution in [2.45, 2.75) is 13.3 Å². The number of hydrogen-bond donors (Lipinski definition) is 0. The van der Waals surface area contributed by atoms with Gasteiger partial charge in [-0.25, -0.2) is 0 Å². The van der Waals surface area contributed by atoms with Crippen molar-refractivity contribution in [3.05, 3.63) is 22.5 Å². The van der Waals surface area contributed by atoms with Gasteiger partial charge in [-0.15, -0.1) is 0 Å². The Kier molecular flexibility index (Phi) is 4.28. The average Bonchev–Trinajstić information content (AvgIpc) is 1.85. The SMILES string of the molecule is CCCN(C)/C=C/[N+](=O)[O-]. The first-order valence-electron chi connectivity index (χ1n) is 3.19. The van der Waals surface area contributed by atoms with Gasteiger partial charge in [0.25, 0.3) is 0 Å². The molecule has 0 saturated carbocycles. The molecule has 0 N–H and O–H groups in total. The molecule has 0 aromatic carbocycles. The molecule has 0 saturated heterocycles. The minimum Gasteiger partial charge on any atom is -0.375 e. The highest BCUT2D eigenvalue weighted by atomic mass is 16.6. The molecule has 4 heteroatoms. The molecule has 10 heavy (non-hydrogen) atoms. The lowest BCUT2D eigenvalue weighted by molar-refractivity contribution is -0.403. The molecule has 0 aliphatic carbocycles. The molecule has 0 heterocycles. The molecular weight excluding hydrogens is 132 g/mol. The second-order valence-electron chi connectivity index (χ2n) is 2.06. The van der Waals surface area contributed by atoms with Crippen LogP contribution in [0.1, 0.15) is 13.3 Å². The zero-order valence-electron chi connectivity index (χ0n) is 6.28. The molecule has 0 spiro atoms. The second-order valence-corrected chi connectivity index (χ2v) is 2.06. The largest absolute Gasteiger partial charge is 0.375 e. The van der Waals surface area contributed by atoms with Crippen molar-refractivity contribution in [3.8, 4) is 0 Å². The van der Waals surface area contributed by atoms with E-state index in [0.717, 1.165) is 19.2 Å². The standard InChI is InChI=1S/C6H12N2O2/c1-3-4-7(2)5-6-8(9)10/h5-6H,3-4H2,1-2H3/b6-5+. The summed E-state index contributed by atoms with van der Waals surface area (Å²) >= 11 is 0. The predicted molar refractivity (Wildman–Crippen MR) is 39.1 cm³/mol. The zero-order chi connectivity index (χ0) is 7.98. The minimum atomic E-state index is -0.466. The third-order valence-electron chi connectivity index (χ3n) is 1.02. The first-order valence-corrected chi connectivity index (χ1v) is 3.19. The first kappa shape index (κ1) is 8.94. The van der Waals surface area contributed by atoms with E-state index in [2.05, 4.69) is 0 Å². The molecule has 0 amide bonds. The van der Waals surface area contributed by atoms with E-state index in [9.17, 15) is 10.1 Å². The van der Waals surface area contributed by atoms with E-state index in [1.807, 2.05) is 14.0 Å². The van der Waals surface area contributed by atoms with Gasteiger partial charge in [-0.1, -0.05) is 6.92 Å². The normalized spacial score (nSPS) is 10.2. The quantitative estimate of drug-likeness (QED) is 0.438. The molecule has 0 bridgehead atoms. The van der Waals surface area contributed by atoms with Crippen molar-refractivity contribution < 1.29 is 4.92 Å². The van der Waals surface area contributed by atoms with Gasteiger partial charge in [0.15, 0.2) is 0 Å². The van der Waals surface area contributed by atoms with Crippen LogP contribution in [-0.4, -0.2) is 23.4 Å². The monoisotopic (exact) mass is 144 g/mol. The summed E-state index contributed by atoms with van der Waals surface area (Å²) in [5, 5.41) is 9.80. The van der Waals surface area contributed by atoms with E-state index in [-0.39, 0.29) is 0 Å². The van der Waals surface area contributed by atoms with Crippen LogP contribution in [0, 0.1) is 10.1 Å². The molecule has 0 rings (SSSR count). The summed E-state index contributed by atoms with van der Waals surface area (Å²) in [7, 11) is 1.81. The van der Waals surface area contributed by atoms with Gasteiger partial charge in [-0.3, -0.25) is 10.1 Å². The van der Waals surface area contributed by atoms with Crippen LogP contribution in [-0.2, 0) is 0 Å². The van der Waals surface area contributed by atoms with Crippen LogP contribution < -0.4 is 0 Å². The summed E-state index contributed by atoms with van der Waals surface area (Å²) < 4.78 is 0. The molecule has 0 aromatic rings. The molecule has 58 valence electrons. The van der Waals surface area contributed by atoms with Crippen molar-refractivity contribution in [1.82, 2.24) is 4.90 Å². The summed E-state index contributed by atoms with van der Waals surface area (Å²) in [6.45, 7) is 2.88. The van der Waals surface area contributed by atoms with Gasteiger partial charge in [0, 0.05) is 13.6 Å². The smallest absolute Gasteiger partial charge is 0.250 e. The molecule has 0 aliphatic heterocycles. The van der Waals surface area contributed by atoms with Crippen LogP contribution in [0.4, 0.5) is 0 Å². The van der Waals surface area contributed by atoms with Gasteiger partial charge in [0.05, 0.1) is 11.1 Å². The minimum absolute atomic E-state index is 0.466. The Labute approximate surface area is 60.3 Å². The summed E-state index contributed by atoms with van der Waals surface area (Å²) in [4.78, 5) is 11.1. The number of nitro groups is 1. The molecule has 0 fully saturated rings. The summed E-state index contributed by atoms with van der Waals surface area (Å²) in [6.07, 6.45) is 3.40. The lowest BCUT2D eigenvalue weighted by atomic mass is 10.4. The van der Waals surface area contributed by atoms with Gasteiger partial charge >= 0.3 is 0 Å². The molecule has 0 aromatic heterocycles. The van der Waals surface area contributed by atoms with Crippen LogP contribution >= 0.6 is 0 Å². The number of hydrogen-bond acceptors (Lipinski definition) is 3. The summed E-state index contributed by atoms with van der Waals surface area (Å²) in [5.41, 5.74) is 0. The van der Waals surface area contributed by atoms with Gasteiger partial charge in [-0.05, 0) is 6.42 Å². The van der Waals surface area contributed by atoms with Crippen LogP contribution in [0.2, 0.25) is 0 Å². The average molecular weight is 144 g/mol. The highest BCUT2D eigenvalue weighted by Gasteiger charge is 1.89. The first-order chi connectivity index (χ1) is 4.66. The maximum atomic E-state index is 9.80. The summed E-state index contributed by atoms with van der Waals surface area (Å²) in [6, 6.07) is 0. The molecule has 0 unspecified atom stereocenters. The third-order valence-corrected chi connectivity index (χ3v) is 1.02. The predicted octanol–water partition coefficient (Wildman–Crippen LogP) is 1.08. The topological polar surface area (TPSA) is 46.4 Å². The van der Waals surface area contributed by atoms with E-state index in [4.69, 9.17) is 0 Å². The Morgan fingerprint density at radius 1 is 1.70 bits per heavy atom. The third kappa shape index (κ3) is 5.08. The van der Waals surface area contributed by atoms with Crippen molar-refractivity contribution in [1.29, 1.82) is 0 Å². The molecule has 0 atom stereocenters. The fourth-order valence-corrected chi connectivity index (χ4v) is 0.595. The number of rotatable bonds is 4. The van der Waals surface area contributed by atoms with Crippen molar-refractivity contribution in [2.75, 3.05) is 13.6 Å². The maximum absolute atomic E-state index is 9.80. The lowest BCUT2D eigenvalue weighted by Gasteiger charge is -2.08. The Hall–Kier alpha value is -1.06. The van der Waals surface area contributed by atoms with Gasteiger partial charge in [-0.2, -0.15) is 0 Å². The Morgan fingerprint density at radius 3 is 2.70 bits per heavy atom. The van der Waals surface area contributed by atoms with Crippen molar-refractivity contribution in [3.63, 3.8) is 0 Å². The number of nitrogens with zero attached hydrogens (tertiary/aromatic N) is 2. The fraction of sp³-hybridized carbons (Fsp3) is 0.667. The molecular formula is C6H12N2O2. The maximum Gasteiger partial charge on any atom is 0.250 e. The Morgan fingerprint density at radius 2 is 2.30 bits per heavy atom. The Balaban J connectivity index is 3.55. The van der Waals surface area contributed by atoms with Crippen LogP contribution in [0.5, 0.6) is 0 Å². The molecule has 0 radical (unpaired) electrons. The van der Waals surface area contributed by atoms with E-state index < -0.39 is 4.92 Å². The van der Waals surface area contributed by atoms with Crippen molar-refractivity contribution in [2.24, 2.45) is 0 Å². The van der Waals surface area contributed by atoms with Gasteiger partial charge in [0.1, 0.15) is 0 Å². The lowest BCUT2D eigenvalue weighted by Crippen LogP contribution is -2.11. The van der Waals surface area contributed by atoms with Crippen LogP contribution in [0.15, 0.2) is 12.4 Å². The van der Waals surface area contributed by atoms with E-state index >= 15 is 0 Å². The molecule has 4 nitrogen and oxygen atoms in total. The fourth-order valence-electron chi connectivity index (χ4n) is 0.595. The van der Waals surface area contributed by atoms with E-state index in [1.165, 1.54) is 6.20 Å². The second kappa shape index (κ2) is 4.78. The van der Waals surface area contributed by atoms with Crippen molar-refractivity contribution >= 4 is 0 Å². The highest BCUT2D eigenvalue weighted by molar-refractivity contribution is 4.70.